The first-order valence-electron chi connectivity index (χ1n) is 9.52. The average Bonchev–Trinajstić information content (AvgIpc) is 3.52. The predicted octanol–water partition coefficient (Wildman–Crippen LogP) is 3.55. The van der Waals surface area contributed by atoms with Gasteiger partial charge in [0.05, 0.1) is 11.3 Å². The van der Waals surface area contributed by atoms with E-state index in [0.717, 1.165) is 24.1 Å². The molecule has 2 aromatic rings. The Balaban J connectivity index is 1.56. The summed E-state index contributed by atoms with van der Waals surface area (Å²) in [6, 6.07) is 14.7. The van der Waals surface area contributed by atoms with Crippen LogP contribution in [0.5, 0.6) is 0 Å². The molecule has 1 aliphatic rings. The molecule has 1 saturated carbocycles. The summed E-state index contributed by atoms with van der Waals surface area (Å²) in [7, 11) is 0. The Morgan fingerprint density at radius 1 is 1.10 bits per heavy atom. The van der Waals surface area contributed by atoms with Gasteiger partial charge in [-0.15, -0.1) is 11.8 Å². The number of anilines is 1. The molecular weight excluding hydrogens is 388 g/mol. The van der Waals surface area contributed by atoms with Gasteiger partial charge in [0.15, 0.2) is 6.10 Å². The number of ether oxygens (including phenoxy) is 1. The average molecular weight is 413 g/mol. The summed E-state index contributed by atoms with van der Waals surface area (Å²) in [5.41, 5.74) is 2.18. The van der Waals surface area contributed by atoms with Crippen molar-refractivity contribution in [1.82, 2.24) is 5.32 Å². The third kappa shape index (κ3) is 6.35. The lowest BCUT2D eigenvalue weighted by Gasteiger charge is -2.14. The Bertz CT molecular complexity index is 894. The van der Waals surface area contributed by atoms with Crippen LogP contribution in [0.3, 0.4) is 0 Å². The van der Waals surface area contributed by atoms with E-state index in [0.29, 0.717) is 10.5 Å². The van der Waals surface area contributed by atoms with E-state index in [1.807, 2.05) is 31.2 Å². The molecule has 3 rings (SSSR count). The minimum absolute atomic E-state index is 0.149. The van der Waals surface area contributed by atoms with Crippen molar-refractivity contribution in [3.8, 4) is 0 Å². The number of aryl methyl sites for hydroxylation is 1. The molecule has 2 N–H and O–H groups in total. The fraction of sp³-hybridized carbons (Fsp3) is 0.318. The number of thioether (sulfide) groups is 1. The number of rotatable bonds is 8. The second kappa shape index (κ2) is 9.60. The zero-order valence-corrected chi connectivity index (χ0v) is 17.3. The molecule has 6 nitrogen and oxygen atoms in total. The van der Waals surface area contributed by atoms with Gasteiger partial charge in [-0.3, -0.25) is 9.59 Å². The summed E-state index contributed by atoms with van der Waals surface area (Å²) < 4.78 is 5.32. The van der Waals surface area contributed by atoms with E-state index in [2.05, 4.69) is 10.6 Å². The SMILES string of the molecule is Cc1ccc(NC(=O)CSc2ccccc2C(=O)O[C@@H](C)C(=O)NC2CC2)cc1. The van der Waals surface area contributed by atoms with Crippen LogP contribution < -0.4 is 10.6 Å². The molecular formula is C22H24N2O4S. The first-order valence-corrected chi connectivity index (χ1v) is 10.5. The molecule has 0 bridgehead atoms. The Hall–Kier alpha value is -2.80. The molecule has 1 fully saturated rings. The highest BCUT2D eigenvalue weighted by molar-refractivity contribution is 8.00. The van der Waals surface area contributed by atoms with Crippen molar-refractivity contribution >= 4 is 35.2 Å². The van der Waals surface area contributed by atoms with E-state index < -0.39 is 12.1 Å². The van der Waals surface area contributed by atoms with E-state index in [1.54, 1.807) is 31.2 Å². The van der Waals surface area contributed by atoms with Crippen LogP contribution in [-0.4, -0.2) is 35.7 Å². The van der Waals surface area contributed by atoms with Gasteiger partial charge < -0.3 is 15.4 Å². The topological polar surface area (TPSA) is 84.5 Å². The Morgan fingerprint density at radius 3 is 2.48 bits per heavy atom. The molecule has 0 saturated heterocycles. The Morgan fingerprint density at radius 2 is 1.79 bits per heavy atom. The lowest BCUT2D eigenvalue weighted by Crippen LogP contribution is -2.37. The fourth-order valence-electron chi connectivity index (χ4n) is 2.56. The van der Waals surface area contributed by atoms with Gasteiger partial charge in [0.25, 0.3) is 5.91 Å². The van der Waals surface area contributed by atoms with Crippen molar-refractivity contribution in [1.29, 1.82) is 0 Å². The van der Waals surface area contributed by atoms with Crippen molar-refractivity contribution in [2.24, 2.45) is 0 Å². The molecule has 29 heavy (non-hydrogen) atoms. The third-order valence-corrected chi connectivity index (χ3v) is 5.45. The zero-order valence-electron chi connectivity index (χ0n) is 16.4. The van der Waals surface area contributed by atoms with Crippen molar-refractivity contribution in [2.75, 3.05) is 11.1 Å². The van der Waals surface area contributed by atoms with Crippen LogP contribution in [0.2, 0.25) is 0 Å². The molecule has 0 radical (unpaired) electrons. The molecule has 152 valence electrons. The standard InChI is InChI=1S/C22H24N2O4S/c1-14-7-9-16(10-8-14)23-20(25)13-29-19-6-4-3-5-18(19)22(27)28-15(2)21(26)24-17-11-12-17/h3-10,15,17H,11-13H2,1-2H3,(H,23,25)(H,24,26)/t15-/m0/s1. The smallest absolute Gasteiger partial charge is 0.340 e. The molecule has 0 heterocycles. The normalized spacial score (nSPS) is 14.0. The number of amides is 2. The first-order chi connectivity index (χ1) is 13.9. The monoisotopic (exact) mass is 412 g/mol. The maximum Gasteiger partial charge on any atom is 0.340 e. The molecule has 1 atom stereocenters. The molecule has 0 aliphatic heterocycles. The van der Waals surface area contributed by atoms with Gasteiger partial charge in [-0.2, -0.15) is 0 Å². The quantitative estimate of drug-likeness (QED) is 0.512. The number of carbonyl (C=O) groups is 3. The number of carbonyl (C=O) groups excluding carboxylic acids is 3. The van der Waals surface area contributed by atoms with Crippen molar-refractivity contribution in [2.45, 2.75) is 43.7 Å². The molecule has 1 aliphatic carbocycles. The number of hydrogen-bond donors (Lipinski definition) is 2. The van der Waals surface area contributed by atoms with Gasteiger partial charge in [-0.05, 0) is 51.0 Å². The predicted molar refractivity (Wildman–Crippen MR) is 113 cm³/mol. The second-order valence-electron chi connectivity index (χ2n) is 7.03. The summed E-state index contributed by atoms with van der Waals surface area (Å²) >= 11 is 1.25. The lowest BCUT2D eigenvalue weighted by molar-refractivity contribution is -0.129. The largest absolute Gasteiger partial charge is 0.449 e. The maximum absolute atomic E-state index is 12.5. The van der Waals surface area contributed by atoms with E-state index >= 15 is 0 Å². The Labute approximate surface area is 174 Å². The van der Waals surface area contributed by atoms with Crippen LogP contribution in [0.25, 0.3) is 0 Å². The first kappa shape index (κ1) is 20.9. The van der Waals surface area contributed by atoms with E-state index in [4.69, 9.17) is 4.74 Å². The Kier molecular flexibility index (Phi) is 6.93. The van der Waals surface area contributed by atoms with Crippen LogP contribution in [0.15, 0.2) is 53.4 Å². The minimum atomic E-state index is -0.869. The molecule has 7 heteroatoms. The van der Waals surface area contributed by atoms with Crippen LogP contribution in [0.4, 0.5) is 5.69 Å². The number of benzene rings is 2. The van der Waals surface area contributed by atoms with Crippen LogP contribution >= 0.6 is 11.8 Å². The summed E-state index contributed by atoms with van der Waals surface area (Å²) in [4.78, 5) is 37.4. The molecule has 2 amide bonds. The van der Waals surface area contributed by atoms with E-state index in [1.165, 1.54) is 11.8 Å². The van der Waals surface area contributed by atoms with Gasteiger partial charge >= 0.3 is 5.97 Å². The van der Waals surface area contributed by atoms with Gasteiger partial charge in [0, 0.05) is 16.6 Å². The molecule has 0 aromatic heterocycles. The number of hydrogen-bond acceptors (Lipinski definition) is 5. The van der Waals surface area contributed by atoms with Crippen LogP contribution in [-0.2, 0) is 14.3 Å². The zero-order chi connectivity index (χ0) is 20.8. The summed E-state index contributed by atoms with van der Waals surface area (Å²) in [6.45, 7) is 3.54. The number of nitrogens with one attached hydrogen (secondary N) is 2. The lowest BCUT2D eigenvalue weighted by atomic mass is 10.2. The highest BCUT2D eigenvalue weighted by Gasteiger charge is 2.27. The van der Waals surface area contributed by atoms with Gasteiger partial charge in [-0.1, -0.05) is 29.8 Å². The van der Waals surface area contributed by atoms with Gasteiger partial charge in [0.2, 0.25) is 5.91 Å². The highest BCUT2D eigenvalue weighted by atomic mass is 32.2. The van der Waals surface area contributed by atoms with E-state index in [-0.39, 0.29) is 23.6 Å². The van der Waals surface area contributed by atoms with Crippen LogP contribution in [0.1, 0.15) is 35.7 Å². The number of esters is 1. The van der Waals surface area contributed by atoms with Crippen molar-refractivity contribution < 1.29 is 19.1 Å². The minimum Gasteiger partial charge on any atom is -0.449 e. The second-order valence-corrected chi connectivity index (χ2v) is 8.05. The third-order valence-electron chi connectivity index (χ3n) is 4.38. The maximum atomic E-state index is 12.5. The van der Waals surface area contributed by atoms with E-state index in [9.17, 15) is 14.4 Å². The summed E-state index contributed by atoms with van der Waals surface area (Å²) in [5, 5.41) is 5.65. The molecule has 0 unspecified atom stereocenters. The summed E-state index contributed by atoms with van der Waals surface area (Å²) in [5.74, 6) is -0.885. The molecule has 2 aromatic carbocycles. The fourth-order valence-corrected chi connectivity index (χ4v) is 3.40. The van der Waals surface area contributed by atoms with Crippen LogP contribution in [0, 0.1) is 6.92 Å². The highest BCUT2D eigenvalue weighted by Crippen LogP contribution is 2.24. The van der Waals surface area contributed by atoms with Gasteiger partial charge in [0.1, 0.15) is 0 Å². The summed E-state index contributed by atoms with van der Waals surface area (Å²) in [6.07, 6.45) is 1.07. The molecule has 0 spiro atoms. The van der Waals surface area contributed by atoms with Crippen molar-refractivity contribution in [3.05, 3.63) is 59.7 Å². The van der Waals surface area contributed by atoms with Gasteiger partial charge in [-0.25, -0.2) is 4.79 Å². The van der Waals surface area contributed by atoms with Crippen molar-refractivity contribution in [3.63, 3.8) is 0 Å².